The summed E-state index contributed by atoms with van der Waals surface area (Å²) in [4.78, 5) is 14.1. The van der Waals surface area contributed by atoms with E-state index in [1.54, 1.807) is 0 Å². The molecule has 8 nitrogen and oxygen atoms in total. The van der Waals surface area contributed by atoms with Gasteiger partial charge in [-0.2, -0.15) is 5.10 Å². The molecule has 2 aliphatic rings. The van der Waals surface area contributed by atoms with Crippen molar-refractivity contribution < 1.29 is 0 Å². The van der Waals surface area contributed by atoms with E-state index >= 15 is 0 Å². The number of rotatable bonds is 4. The van der Waals surface area contributed by atoms with Crippen LogP contribution in [-0.4, -0.2) is 56.1 Å². The van der Waals surface area contributed by atoms with Gasteiger partial charge < -0.3 is 9.80 Å². The molecule has 0 atom stereocenters. The van der Waals surface area contributed by atoms with Crippen LogP contribution in [0.25, 0.3) is 5.82 Å². The molecule has 1 saturated heterocycles. The van der Waals surface area contributed by atoms with Crippen LogP contribution in [0.5, 0.6) is 0 Å². The first kappa shape index (κ1) is 18.0. The Morgan fingerprint density at radius 2 is 1.41 bits per heavy atom. The number of piperazine rings is 1. The van der Waals surface area contributed by atoms with Crippen LogP contribution >= 0.6 is 0 Å². The average molecular weight is 390 g/mol. The van der Waals surface area contributed by atoms with Crippen molar-refractivity contribution in [2.24, 2.45) is 0 Å². The highest BCUT2D eigenvalue weighted by Gasteiger charge is 2.28. The molecular formula is C21H26N8. The van der Waals surface area contributed by atoms with Crippen molar-refractivity contribution >= 4 is 11.6 Å². The van der Waals surface area contributed by atoms with Crippen LogP contribution in [0.3, 0.4) is 0 Å². The summed E-state index contributed by atoms with van der Waals surface area (Å²) in [5, 5.41) is 13.3. The zero-order chi connectivity index (χ0) is 20.0. The number of anilines is 2. The van der Waals surface area contributed by atoms with Gasteiger partial charge >= 0.3 is 0 Å². The predicted octanol–water partition coefficient (Wildman–Crippen LogP) is 2.58. The third kappa shape index (κ3) is 3.66. The second-order valence-electron chi connectivity index (χ2n) is 8.06. The molecule has 0 spiro atoms. The Morgan fingerprint density at radius 3 is 2.00 bits per heavy atom. The Balaban J connectivity index is 1.27. The first-order valence-electron chi connectivity index (χ1n) is 10.3. The Kier molecular flexibility index (Phi) is 4.41. The zero-order valence-corrected chi connectivity index (χ0v) is 17.2. The van der Waals surface area contributed by atoms with Crippen LogP contribution in [0, 0.1) is 20.8 Å². The molecule has 1 saturated carbocycles. The summed E-state index contributed by atoms with van der Waals surface area (Å²) < 4.78 is 1.83. The van der Waals surface area contributed by atoms with Crippen molar-refractivity contribution in [2.75, 3.05) is 36.0 Å². The van der Waals surface area contributed by atoms with Crippen LogP contribution < -0.4 is 9.80 Å². The molecule has 0 radical (unpaired) electrons. The highest BCUT2D eigenvalue weighted by atomic mass is 15.4. The fourth-order valence-corrected chi connectivity index (χ4v) is 3.89. The fourth-order valence-electron chi connectivity index (χ4n) is 3.89. The van der Waals surface area contributed by atoms with Crippen molar-refractivity contribution in [1.82, 2.24) is 29.9 Å². The Bertz CT molecular complexity index is 1010. The predicted molar refractivity (Wildman–Crippen MR) is 112 cm³/mol. The normalized spacial score (nSPS) is 17.1. The van der Waals surface area contributed by atoms with Gasteiger partial charge in [-0.1, -0.05) is 0 Å². The number of nitrogens with zero attached hydrogens (tertiary/aromatic N) is 8. The van der Waals surface area contributed by atoms with E-state index in [-0.39, 0.29) is 0 Å². The summed E-state index contributed by atoms with van der Waals surface area (Å²) in [6, 6.07) is 8.17. The van der Waals surface area contributed by atoms with Crippen molar-refractivity contribution in [3.63, 3.8) is 0 Å². The van der Waals surface area contributed by atoms with Gasteiger partial charge in [-0.15, -0.1) is 10.2 Å². The van der Waals surface area contributed by atoms with Crippen molar-refractivity contribution in [3.05, 3.63) is 47.2 Å². The summed E-state index contributed by atoms with van der Waals surface area (Å²) in [7, 11) is 0. The largest absolute Gasteiger partial charge is 0.353 e. The van der Waals surface area contributed by atoms with Gasteiger partial charge in [0.1, 0.15) is 11.6 Å². The smallest absolute Gasteiger partial charge is 0.176 e. The van der Waals surface area contributed by atoms with E-state index in [2.05, 4.69) is 43.1 Å². The van der Waals surface area contributed by atoms with Crippen LogP contribution in [0.2, 0.25) is 0 Å². The highest BCUT2D eigenvalue weighted by Crippen LogP contribution is 2.38. The molecule has 0 amide bonds. The van der Waals surface area contributed by atoms with Gasteiger partial charge in [-0.05, 0) is 51.8 Å². The van der Waals surface area contributed by atoms with Crippen molar-refractivity contribution in [2.45, 2.75) is 39.5 Å². The topological polar surface area (TPSA) is 75.9 Å². The molecule has 2 fully saturated rings. The third-order valence-corrected chi connectivity index (χ3v) is 5.59. The van der Waals surface area contributed by atoms with E-state index in [9.17, 15) is 0 Å². The molecule has 29 heavy (non-hydrogen) atoms. The molecule has 1 aliphatic carbocycles. The van der Waals surface area contributed by atoms with Gasteiger partial charge in [-0.3, -0.25) is 0 Å². The molecule has 3 aromatic rings. The van der Waals surface area contributed by atoms with Gasteiger partial charge in [0, 0.05) is 49.6 Å². The van der Waals surface area contributed by atoms with E-state index in [1.807, 2.05) is 36.7 Å². The molecule has 0 N–H and O–H groups in total. The Labute approximate surface area is 170 Å². The molecule has 8 heteroatoms. The van der Waals surface area contributed by atoms with Crippen LogP contribution in [0.1, 0.15) is 41.7 Å². The minimum atomic E-state index is 0.575. The standard InChI is InChI=1S/C21H26N8/c1-14-13-20(23-21(22-14)17-4-5-17)28-10-8-27(9-11-28)18-6-7-19(25-24-18)29-16(3)12-15(2)26-29/h6-7,12-13,17H,4-5,8-11H2,1-3H3. The van der Waals surface area contributed by atoms with E-state index in [0.717, 1.165) is 66.5 Å². The highest BCUT2D eigenvalue weighted by molar-refractivity contribution is 5.46. The minimum absolute atomic E-state index is 0.575. The van der Waals surface area contributed by atoms with Crippen LogP contribution in [-0.2, 0) is 0 Å². The number of aryl methyl sites for hydroxylation is 3. The molecule has 0 bridgehead atoms. The van der Waals surface area contributed by atoms with Gasteiger partial charge in [0.2, 0.25) is 0 Å². The molecule has 0 aromatic carbocycles. The van der Waals surface area contributed by atoms with E-state index < -0.39 is 0 Å². The minimum Gasteiger partial charge on any atom is -0.353 e. The van der Waals surface area contributed by atoms with Crippen LogP contribution in [0.4, 0.5) is 11.6 Å². The number of hydrogen-bond acceptors (Lipinski definition) is 7. The second-order valence-corrected chi connectivity index (χ2v) is 8.06. The van der Waals surface area contributed by atoms with Gasteiger partial charge in [0.05, 0.1) is 5.69 Å². The molecular weight excluding hydrogens is 364 g/mol. The Morgan fingerprint density at radius 1 is 0.759 bits per heavy atom. The molecule has 3 aromatic heterocycles. The quantitative estimate of drug-likeness (QED) is 0.678. The summed E-state index contributed by atoms with van der Waals surface area (Å²) in [6.45, 7) is 9.71. The molecule has 1 aliphatic heterocycles. The lowest BCUT2D eigenvalue weighted by Gasteiger charge is -2.36. The summed E-state index contributed by atoms with van der Waals surface area (Å²) in [5.41, 5.74) is 3.10. The van der Waals surface area contributed by atoms with Gasteiger partial charge in [0.25, 0.3) is 0 Å². The maximum Gasteiger partial charge on any atom is 0.176 e. The molecule has 0 unspecified atom stereocenters. The lowest BCUT2D eigenvalue weighted by molar-refractivity contribution is 0.633. The summed E-state index contributed by atoms with van der Waals surface area (Å²) >= 11 is 0. The summed E-state index contributed by atoms with van der Waals surface area (Å²) in [6.07, 6.45) is 2.45. The molecule has 150 valence electrons. The van der Waals surface area contributed by atoms with Crippen LogP contribution in [0.15, 0.2) is 24.3 Å². The maximum atomic E-state index is 4.83. The first-order chi connectivity index (χ1) is 14.1. The van der Waals surface area contributed by atoms with Crippen molar-refractivity contribution in [3.8, 4) is 5.82 Å². The molecule has 5 rings (SSSR count). The van der Waals surface area contributed by atoms with E-state index in [4.69, 9.17) is 4.98 Å². The van der Waals surface area contributed by atoms with Gasteiger partial charge in [-0.25, -0.2) is 14.6 Å². The maximum absolute atomic E-state index is 4.83. The zero-order valence-electron chi connectivity index (χ0n) is 17.2. The fraction of sp³-hybridized carbons (Fsp3) is 0.476. The SMILES string of the molecule is Cc1cc(N2CCN(c3ccc(-n4nc(C)cc4C)nn3)CC2)nc(C2CC2)n1. The first-order valence-corrected chi connectivity index (χ1v) is 10.3. The van der Waals surface area contributed by atoms with Crippen molar-refractivity contribution in [1.29, 1.82) is 0 Å². The van der Waals surface area contributed by atoms with E-state index in [1.165, 1.54) is 12.8 Å². The van der Waals surface area contributed by atoms with Gasteiger partial charge in [0.15, 0.2) is 11.6 Å². The summed E-state index contributed by atoms with van der Waals surface area (Å²) in [5.74, 6) is 4.32. The lowest BCUT2D eigenvalue weighted by atomic mass is 10.2. The average Bonchev–Trinajstić information content (AvgIpc) is 3.52. The number of aromatic nitrogens is 6. The molecule has 4 heterocycles. The monoisotopic (exact) mass is 390 g/mol. The second kappa shape index (κ2) is 7.09. The number of hydrogen-bond donors (Lipinski definition) is 0. The van der Waals surface area contributed by atoms with E-state index in [0.29, 0.717) is 5.92 Å². The Hall–Kier alpha value is -3.03. The third-order valence-electron chi connectivity index (χ3n) is 5.59. The lowest BCUT2D eigenvalue weighted by Crippen LogP contribution is -2.47.